The molecule has 0 amide bonds. The highest BCUT2D eigenvalue weighted by atomic mass is 15.4. The van der Waals surface area contributed by atoms with Crippen molar-refractivity contribution in [1.82, 2.24) is 4.90 Å². The summed E-state index contributed by atoms with van der Waals surface area (Å²) in [6, 6.07) is 7.42. The van der Waals surface area contributed by atoms with Gasteiger partial charge in [-0.1, -0.05) is 123 Å². The number of benzene rings is 1. The van der Waals surface area contributed by atoms with Crippen molar-refractivity contribution < 1.29 is 0 Å². The van der Waals surface area contributed by atoms with Crippen molar-refractivity contribution in [3.05, 3.63) is 48.4 Å². The van der Waals surface area contributed by atoms with Crippen molar-refractivity contribution in [3.63, 3.8) is 0 Å². The Morgan fingerprint density at radius 2 is 1.09 bits per heavy atom. The van der Waals surface area contributed by atoms with Crippen LogP contribution in [0.15, 0.2) is 30.6 Å². The molecule has 1 heterocycles. The zero-order chi connectivity index (χ0) is 22.8. The molecule has 1 aromatic rings. The number of anilines is 1. The molecule has 0 saturated heterocycles. The predicted molar refractivity (Wildman–Crippen MR) is 140 cm³/mol. The van der Waals surface area contributed by atoms with E-state index in [9.17, 15) is 0 Å². The molecular formula is C30H48N2. The number of rotatable bonds is 4. The molecule has 2 radical (unpaired) electrons. The maximum absolute atomic E-state index is 3.77. The third-order valence-electron chi connectivity index (χ3n) is 7.40. The average molecular weight is 437 g/mol. The molecule has 32 heavy (non-hydrogen) atoms. The first kappa shape index (κ1) is 25.2. The van der Waals surface area contributed by atoms with Crippen molar-refractivity contribution in [2.75, 3.05) is 4.90 Å². The average Bonchev–Trinajstić information content (AvgIpc) is 3.26. The number of hydrogen-bond acceptors (Lipinski definition) is 2. The van der Waals surface area contributed by atoms with Crippen LogP contribution in [0.3, 0.4) is 0 Å². The van der Waals surface area contributed by atoms with E-state index in [1.165, 1.54) is 107 Å². The molecule has 1 saturated carbocycles. The maximum atomic E-state index is 3.77. The number of nitrogens with zero attached hydrogens (tertiary/aromatic N) is 2. The van der Waals surface area contributed by atoms with Crippen molar-refractivity contribution in [2.45, 2.75) is 135 Å². The van der Waals surface area contributed by atoms with Gasteiger partial charge in [0.05, 0.1) is 5.69 Å². The minimum atomic E-state index is 0.506. The molecule has 0 unspecified atom stereocenters. The zero-order valence-corrected chi connectivity index (χ0v) is 21.4. The van der Waals surface area contributed by atoms with Crippen molar-refractivity contribution in [1.29, 1.82) is 0 Å². The van der Waals surface area contributed by atoms with E-state index in [4.69, 9.17) is 0 Å². The molecule has 1 aliphatic carbocycles. The molecule has 1 fully saturated rings. The summed E-state index contributed by atoms with van der Waals surface area (Å²) in [6.45, 7) is 13.0. The lowest BCUT2D eigenvalue weighted by Gasteiger charge is -2.31. The second-order valence-corrected chi connectivity index (χ2v) is 10.7. The van der Waals surface area contributed by atoms with Gasteiger partial charge in [-0.2, -0.15) is 0 Å². The first-order valence-corrected chi connectivity index (χ1v) is 13.7. The minimum absolute atomic E-state index is 0.506. The van der Waals surface area contributed by atoms with E-state index in [0.29, 0.717) is 17.9 Å². The highest BCUT2D eigenvalue weighted by Crippen LogP contribution is 2.38. The standard InChI is InChI=1S/C30H48N2/c1-25(2)28-20-17-21-29(26(3)4)30(28)32-23-22-31(24-32)27-18-15-13-11-9-7-5-6-8-10-12-14-16-19-27/h17,20-23,25-27H,5-16,18-19H2,1-4H3. The summed E-state index contributed by atoms with van der Waals surface area (Å²) < 4.78 is 0. The number of hydrogen-bond donors (Lipinski definition) is 0. The van der Waals surface area contributed by atoms with E-state index in [-0.39, 0.29) is 0 Å². The molecule has 3 rings (SSSR count). The normalized spacial score (nSPS) is 20.7. The molecule has 178 valence electrons. The van der Waals surface area contributed by atoms with Gasteiger partial charge in [0.15, 0.2) is 0 Å². The predicted octanol–water partition coefficient (Wildman–Crippen LogP) is 9.37. The van der Waals surface area contributed by atoms with Crippen LogP contribution in [0.1, 0.15) is 141 Å². The highest BCUT2D eigenvalue weighted by Gasteiger charge is 2.27. The molecule has 0 spiro atoms. The fourth-order valence-electron chi connectivity index (χ4n) is 5.40. The van der Waals surface area contributed by atoms with Gasteiger partial charge in [0.2, 0.25) is 6.67 Å². The van der Waals surface area contributed by atoms with Gasteiger partial charge in [-0.05, 0) is 35.8 Å². The van der Waals surface area contributed by atoms with E-state index >= 15 is 0 Å². The summed E-state index contributed by atoms with van der Waals surface area (Å²) in [5.74, 6) is 1.01. The van der Waals surface area contributed by atoms with Crippen LogP contribution >= 0.6 is 0 Å². The largest absolute Gasteiger partial charge is 0.343 e. The lowest BCUT2D eigenvalue weighted by atomic mass is 9.92. The van der Waals surface area contributed by atoms with Gasteiger partial charge in [-0.15, -0.1) is 0 Å². The van der Waals surface area contributed by atoms with Crippen LogP contribution in [0, 0.1) is 6.67 Å². The Bertz CT molecular complexity index is 648. The van der Waals surface area contributed by atoms with Gasteiger partial charge in [0.1, 0.15) is 0 Å². The van der Waals surface area contributed by atoms with Crippen molar-refractivity contribution in [3.8, 4) is 0 Å². The van der Waals surface area contributed by atoms with Gasteiger partial charge >= 0.3 is 0 Å². The Balaban J connectivity index is 1.67. The lowest BCUT2D eigenvalue weighted by molar-refractivity contribution is 0.287. The van der Waals surface area contributed by atoms with Gasteiger partial charge in [-0.25, -0.2) is 0 Å². The van der Waals surface area contributed by atoms with Crippen LogP contribution < -0.4 is 4.90 Å². The van der Waals surface area contributed by atoms with E-state index in [1.807, 2.05) is 0 Å². The molecule has 2 nitrogen and oxygen atoms in total. The second kappa shape index (κ2) is 13.3. The Morgan fingerprint density at radius 3 is 1.53 bits per heavy atom. The summed E-state index contributed by atoms with van der Waals surface area (Å²) in [5.41, 5.74) is 4.21. The third-order valence-corrected chi connectivity index (χ3v) is 7.40. The SMILES string of the molecule is CC(C)c1cccc(C(C)C)c1N1[C]N(C2CCCCCCCCCCCCCC2)C=C1. The van der Waals surface area contributed by atoms with Gasteiger partial charge in [-0.3, -0.25) is 0 Å². The molecule has 0 aromatic heterocycles. The third kappa shape index (κ3) is 7.29. The molecule has 2 heteroatoms. The summed E-state index contributed by atoms with van der Waals surface area (Å²) in [5, 5.41) is 0. The van der Waals surface area contributed by atoms with Crippen LogP contribution in [-0.4, -0.2) is 10.9 Å². The van der Waals surface area contributed by atoms with Crippen molar-refractivity contribution >= 4 is 5.69 Å². The first-order valence-electron chi connectivity index (χ1n) is 13.7. The summed E-state index contributed by atoms with van der Waals surface area (Å²) in [4.78, 5) is 4.71. The quantitative estimate of drug-likeness (QED) is 0.464. The van der Waals surface area contributed by atoms with E-state index in [1.54, 1.807) is 0 Å². The van der Waals surface area contributed by atoms with E-state index < -0.39 is 0 Å². The van der Waals surface area contributed by atoms with Crippen LogP contribution in [-0.2, 0) is 0 Å². The first-order chi connectivity index (χ1) is 15.6. The van der Waals surface area contributed by atoms with E-state index in [0.717, 1.165) is 0 Å². The van der Waals surface area contributed by atoms with Crippen molar-refractivity contribution in [2.24, 2.45) is 0 Å². The smallest absolute Gasteiger partial charge is 0.213 e. The molecule has 2 aliphatic rings. The summed E-state index contributed by atoms with van der Waals surface area (Å²) in [7, 11) is 0. The molecule has 0 atom stereocenters. The number of para-hydroxylation sites is 1. The molecular weight excluding hydrogens is 388 g/mol. The molecule has 0 bridgehead atoms. The van der Waals surface area contributed by atoms with Crippen LogP contribution in [0.2, 0.25) is 0 Å². The minimum Gasteiger partial charge on any atom is -0.343 e. The fraction of sp³-hybridized carbons (Fsp3) is 0.700. The monoisotopic (exact) mass is 436 g/mol. The van der Waals surface area contributed by atoms with Gasteiger partial charge in [0.25, 0.3) is 0 Å². The summed E-state index contributed by atoms with van der Waals surface area (Å²) in [6.07, 6.45) is 24.2. The van der Waals surface area contributed by atoms with Gasteiger partial charge in [0, 0.05) is 18.4 Å². The Morgan fingerprint density at radius 1 is 0.656 bits per heavy atom. The maximum Gasteiger partial charge on any atom is 0.213 e. The summed E-state index contributed by atoms with van der Waals surface area (Å²) >= 11 is 0. The Kier molecular flexibility index (Phi) is 10.5. The highest BCUT2D eigenvalue weighted by molar-refractivity contribution is 5.65. The lowest BCUT2D eigenvalue weighted by Crippen LogP contribution is -2.30. The Labute approximate surface area is 199 Å². The molecule has 1 aromatic carbocycles. The molecule has 0 N–H and O–H groups in total. The molecule has 1 aliphatic heterocycles. The van der Waals surface area contributed by atoms with Crippen LogP contribution in [0.25, 0.3) is 0 Å². The fourth-order valence-corrected chi connectivity index (χ4v) is 5.40. The second-order valence-electron chi connectivity index (χ2n) is 10.7. The zero-order valence-electron chi connectivity index (χ0n) is 21.4. The Hall–Kier alpha value is -1.44. The van der Waals surface area contributed by atoms with Gasteiger partial charge < -0.3 is 9.80 Å². The topological polar surface area (TPSA) is 6.48 Å². The van der Waals surface area contributed by atoms with Crippen LogP contribution in [0.4, 0.5) is 5.69 Å². The van der Waals surface area contributed by atoms with E-state index in [2.05, 4.69) is 74.8 Å². The van der Waals surface area contributed by atoms with Crippen LogP contribution in [0.5, 0.6) is 0 Å².